The number of alkyl halides is 3. The van der Waals surface area contributed by atoms with Gasteiger partial charge in [0.2, 0.25) is 5.90 Å². The average molecular weight is 584 g/mol. The lowest BCUT2D eigenvalue weighted by atomic mass is 9.98. The Labute approximate surface area is 234 Å². The molecule has 11 heteroatoms. The molecule has 0 spiro atoms. The summed E-state index contributed by atoms with van der Waals surface area (Å²) >= 11 is 1.21. The number of benzene rings is 4. The number of anilines is 2. The molecule has 0 aliphatic carbocycles. The van der Waals surface area contributed by atoms with E-state index < -0.39 is 27.5 Å². The molecule has 4 aromatic carbocycles. The highest BCUT2D eigenvalue weighted by Gasteiger charge is 2.68. The van der Waals surface area contributed by atoms with Gasteiger partial charge < -0.3 is 4.74 Å². The predicted molar refractivity (Wildman–Crippen MR) is 151 cm³/mol. The van der Waals surface area contributed by atoms with Gasteiger partial charge in [-0.25, -0.2) is 13.4 Å². The molecule has 5 rings (SSSR count). The molecule has 1 aliphatic heterocycles. The van der Waals surface area contributed by atoms with Crippen LogP contribution in [0.15, 0.2) is 118 Å². The lowest BCUT2D eigenvalue weighted by Gasteiger charge is -2.38. The lowest BCUT2D eigenvalue weighted by Crippen LogP contribution is -2.54. The monoisotopic (exact) mass is 583 g/mol. The van der Waals surface area contributed by atoms with Crippen LogP contribution in [0.3, 0.4) is 0 Å². The second-order valence-electron chi connectivity index (χ2n) is 8.99. The van der Waals surface area contributed by atoms with E-state index in [1.165, 1.54) is 48.2 Å². The van der Waals surface area contributed by atoms with Gasteiger partial charge in [0.1, 0.15) is 0 Å². The van der Waals surface area contributed by atoms with E-state index in [0.29, 0.717) is 10.5 Å². The molecule has 206 valence electrons. The van der Waals surface area contributed by atoms with Crippen molar-refractivity contribution in [3.8, 4) is 0 Å². The van der Waals surface area contributed by atoms with E-state index in [1.54, 1.807) is 79.9 Å². The minimum absolute atomic E-state index is 0.0902. The van der Waals surface area contributed by atoms with Crippen LogP contribution < -0.4 is 9.73 Å². The summed E-state index contributed by atoms with van der Waals surface area (Å²) in [5, 5.41) is 5.07. The third kappa shape index (κ3) is 5.02. The third-order valence-electron chi connectivity index (χ3n) is 6.31. The van der Waals surface area contributed by atoms with E-state index in [1.807, 2.05) is 0 Å². The Kier molecular flexibility index (Phi) is 7.28. The fourth-order valence-electron chi connectivity index (χ4n) is 4.31. The number of halogens is 3. The molecule has 1 aliphatic rings. The summed E-state index contributed by atoms with van der Waals surface area (Å²) in [6, 6.07) is 26.2. The van der Waals surface area contributed by atoms with E-state index in [4.69, 9.17) is 4.74 Å². The number of hydrogen-bond donors (Lipinski definition) is 1. The van der Waals surface area contributed by atoms with Crippen LogP contribution in [0.2, 0.25) is 0 Å². The summed E-state index contributed by atoms with van der Waals surface area (Å²) in [5.74, 6) is -0.260. The number of hydrazone groups is 1. The molecule has 0 aromatic heterocycles. The Hall–Kier alpha value is -3.96. The molecule has 1 heterocycles. The van der Waals surface area contributed by atoms with Gasteiger partial charge in [-0.3, -0.25) is 4.72 Å². The maximum Gasteiger partial charge on any atom is 0.455 e. The topological polar surface area (TPSA) is 71.0 Å². The quantitative estimate of drug-likeness (QED) is 0.235. The maximum absolute atomic E-state index is 15.5. The Morgan fingerprint density at radius 2 is 1.52 bits per heavy atom. The molecule has 40 heavy (non-hydrogen) atoms. The molecule has 0 radical (unpaired) electrons. The van der Waals surface area contributed by atoms with Crippen molar-refractivity contribution in [2.24, 2.45) is 5.10 Å². The average Bonchev–Trinajstić information content (AvgIpc) is 3.37. The highest BCUT2D eigenvalue weighted by Crippen LogP contribution is 2.53. The Morgan fingerprint density at radius 1 is 0.900 bits per heavy atom. The number of hydrogen-bond acceptors (Lipinski definition) is 6. The van der Waals surface area contributed by atoms with Crippen LogP contribution in [-0.4, -0.2) is 26.7 Å². The summed E-state index contributed by atoms with van der Waals surface area (Å²) in [5.41, 5.74) is -2.67. The van der Waals surface area contributed by atoms with Gasteiger partial charge >= 0.3 is 11.9 Å². The minimum atomic E-state index is -5.08. The first-order chi connectivity index (χ1) is 19.0. The van der Waals surface area contributed by atoms with E-state index >= 15 is 13.2 Å². The van der Waals surface area contributed by atoms with Crippen LogP contribution in [0.1, 0.15) is 16.7 Å². The van der Waals surface area contributed by atoms with Crippen molar-refractivity contribution < 1.29 is 26.3 Å². The molecular weight excluding hydrogens is 559 g/mol. The van der Waals surface area contributed by atoms with Crippen molar-refractivity contribution in [3.63, 3.8) is 0 Å². The van der Waals surface area contributed by atoms with Crippen LogP contribution in [0, 0.1) is 6.92 Å². The number of aryl methyl sites for hydroxylation is 1. The second-order valence-corrected chi connectivity index (χ2v) is 11.6. The van der Waals surface area contributed by atoms with Crippen LogP contribution in [0.4, 0.5) is 24.5 Å². The lowest BCUT2D eigenvalue weighted by molar-refractivity contribution is -0.253. The highest BCUT2D eigenvalue weighted by molar-refractivity contribution is 7.98. The van der Waals surface area contributed by atoms with Gasteiger partial charge in [0.05, 0.1) is 21.8 Å². The van der Waals surface area contributed by atoms with E-state index in [0.717, 1.165) is 10.6 Å². The van der Waals surface area contributed by atoms with Crippen molar-refractivity contribution in [1.29, 1.82) is 0 Å². The van der Waals surface area contributed by atoms with Crippen molar-refractivity contribution in [1.82, 2.24) is 0 Å². The zero-order chi connectivity index (χ0) is 28.5. The number of nitrogens with one attached hydrogen (secondary N) is 1. The van der Waals surface area contributed by atoms with Crippen molar-refractivity contribution in [3.05, 3.63) is 120 Å². The molecule has 6 nitrogen and oxygen atoms in total. The van der Waals surface area contributed by atoms with Gasteiger partial charge in [0.15, 0.2) is 0 Å². The number of sulfonamides is 1. The minimum Gasteiger partial charge on any atom is -0.433 e. The van der Waals surface area contributed by atoms with Gasteiger partial charge in [0, 0.05) is 10.5 Å². The first-order valence-electron chi connectivity index (χ1n) is 12.1. The zero-order valence-electron chi connectivity index (χ0n) is 21.4. The van der Waals surface area contributed by atoms with E-state index in [-0.39, 0.29) is 22.2 Å². The summed E-state index contributed by atoms with van der Waals surface area (Å²) in [4.78, 5) is 0.384. The summed E-state index contributed by atoms with van der Waals surface area (Å²) in [6.07, 6.45) is -3.37. The first-order valence-corrected chi connectivity index (χ1v) is 14.8. The van der Waals surface area contributed by atoms with Gasteiger partial charge in [0.25, 0.3) is 10.0 Å². The van der Waals surface area contributed by atoms with Crippen molar-refractivity contribution in [2.45, 2.75) is 28.6 Å². The van der Waals surface area contributed by atoms with Gasteiger partial charge in [-0.05, 0) is 67.8 Å². The number of thioether (sulfide) groups is 1. The Bertz CT molecular complexity index is 1650. The number of nitrogens with zero attached hydrogens (tertiary/aromatic N) is 2. The van der Waals surface area contributed by atoms with E-state index in [2.05, 4.69) is 9.82 Å². The van der Waals surface area contributed by atoms with Gasteiger partial charge in [-0.15, -0.1) is 16.9 Å². The number of rotatable bonds is 7. The van der Waals surface area contributed by atoms with Gasteiger partial charge in [-0.2, -0.15) is 13.2 Å². The Balaban J connectivity index is 1.74. The van der Waals surface area contributed by atoms with Crippen LogP contribution in [-0.2, 0) is 20.5 Å². The fraction of sp³-hybridized carbons (Fsp3) is 0.138. The fourth-order valence-corrected chi connectivity index (χ4v) is 5.83. The summed E-state index contributed by atoms with van der Waals surface area (Å²) < 4.78 is 81.5. The normalized spacial score (nSPS) is 17.3. The SMILES string of the molecule is CSc1ccc(NS(=O)(=O)c2ccc(C)cc2)c(C2(C(F)(F)F)OC(c3ccccc3)=NN2c2ccccc2)c1. The van der Waals surface area contributed by atoms with Gasteiger partial charge in [-0.1, -0.05) is 54.1 Å². The first kappa shape index (κ1) is 27.6. The van der Waals surface area contributed by atoms with Crippen molar-refractivity contribution >= 4 is 39.1 Å². The van der Waals surface area contributed by atoms with Crippen LogP contribution >= 0.6 is 11.8 Å². The molecular formula is C29H24F3N3O3S2. The summed E-state index contributed by atoms with van der Waals surface area (Å²) in [6.45, 7) is 1.80. The molecule has 1 atom stereocenters. The smallest absolute Gasteiger partial charge is 0.433 e. The van der Waals surface area contributed by atoms with Crippen LogP contribution in [0.25, 0.3) is 0 Å². The molecule has 1 N–H and O–H groups in total. The van der Waals surface area contributed by atoms with E-state index in [9.17, 15) is 8.42 Å². The Morgan fingerprint density at radius 3 is 2.12 bits per heavy atom. The maximum atomic E-state index is 15.5. The zero-order valence-corrected chi connectivity index (χ0v) is 23.0. The molecule has 0 amide bonds. The molecule has 0 bridgehead atoms. The summed E-state index contributed by atoms with van der Waals surface area (Å²) in [7, 11) is -4.26. The standard InChI is InChI=1S/C29H24F3N3O3S2/c1-20-13-16-24(17-14-20)40(36,37)34-26-18-15-23(39-2)19-25(26)28(29(30,31)32)35(22-11-7-4-8-12-22)33-27(38-28)21-9-5-3-6-10-21/h3-19,34H,1-2H3. The predicted octanol–water partition coefficient (Wildman–Crippen LogP) is 7.13. The highest BCUT2D eigenvalue weighted by atomic mass is 32.2. The van der Waals surface area contributed by atoms with Crippen LogP contribution in [0.5, 0.6) is 0 Å². The number of para-hydroxylation sites is 1. The molecule has 0 saturated carbocycles. The van der Waals surface area contributed by atoms with Crippen molar-refractivity contribution in [2.75, 3.05) is 16.0 Å². The molecule has 1 unspecified atom stereocenters. The third-order valence-corrected chi connectivity index (χ3v) is 8.41. The largest absolute Gasteiger partial charge is 0.455 e. The molecule has 0 saturated heterocycles. The second kappa shape index (κ2) is 10.5. The number of ether oxygens (including phenoxy) is 1. The molecule has 4 aromatic rings. The molecule has 0 fully saturated rings.